The molecule has 0 radical (unpaired) electrons. The van der Waals surface area contributed by atoms with Crippen molar-refractivity contribution in [3.05, 3.63) is 35.4 Å². The number of hydrogen-bond donors (Lipinski definition) is 3. The van der Waals surface area contributed by atoms with Gasteiger partial charge in [0, 0.05) is 6.61 Å². The summed E-state index contributed by atoms with van der Waals surface area (Å²) in [6.45, 7) is 0.676. The fraction of sp³-hybridized carbons (Fsp3) is 0.300. The van der Waals surface area contributed by atoms with Crippen LogP contribution in [0.25, 0.3) is 0 Å². The predicted molar refractivity (Wildman–Crippen MR) is 56.7 cm³/mol. The minimum Gasteiger partial charge on any atom is -0.396 e. The third-order valence-corrected chi connectivity index (χ3v) is 1.87. The van der Waals surface area contributed by atoms with Crippen LogP contribution in [-0.4, -0.2) is 17.7 Å². The predicted octanol–water partition coefficient (Wildman–Crippen LogP) is -0.00520. The number of hydrogen-bond acceptors (Lipinski definition) is 2. The third kappa shape index (κ3) is 3.45. The van der Waals surface area contributed by atoms with Crippen LogP contribution in [-0.2, 0) is 13.0 Å². The Morgan fingerprint density at radius 1 is 1.14 bits per heavy atom. The van der Waals surface area contributed by atoms with Crippen molar-refractivity contribution in [2.24, 2.45) is 16.5 Å². The van der Waals surface area contributed by atoms with Gasteiger partial charge in [-0.05, 0) is 17.5 Å². The molecule has 14 heavy (non-hydrogen) atoms. The van der Waals surface area contributed by atoms with Crippen LogP contribution in [0.4, 0.5) is 0 Å². The zero-order chi connectivity index (χ0) is 10.4. The summed E-state index contributed by atoms with van der Waals surface area (Å²) >= 11 is 0. The summed E-state index contributed by atoms with van der Waals surface area (Å²) in [5, 5.41) is 8.71. The van der Waals surface area contributed by atoms with Crippen LogP contribution in [0.2, 0.25) is 0 Å². The highest BCUT2D eigenvalue weighted by Crippen LogP contribution is 2.05. The highest BCUT2D eigenvalue weighted by atomic mass is 16.2. The Balaban J connectivity index is 2.59. The SMILES string of the molecule is NC(N)=NCc1ccc(CCO)cc1. The van der Waals surface area contributed by atoms with Crippen molar-refractivity contribution in [3.8, 4) is 0 Å². The lowest BCUT2D eigenvalue weighted by Crippen LogP contribution is -2.22. The van der Waals surface area contributed by atoms with Gasteiger partial charge in [0.2, 0.25) is 0 Å². The Hall–Kier alpha value is -1.55. The van der Waals surface area contributed by atoms with Crippen LogP contribution in [0.1, 0.15) is 11.1 Å². The molecule has 1 aromatic carbocycles. The largest absolute Gasteiger partial charge is 0.396 e. The Bertz CT molecular complexity index is 302. The highest BCUT2D eigenvalue weighted by molar-refractivity contribution is 5.75. The van der Waals surface area contributed by atoms with Crippen LogP contribution in [0.5, 0.6) is 0 Å². The molecule has 0 saturated carbocycles. The number of aliphatic hydroxyl groups excluding tert-OH is 1. The van der Waals surface area contributed by atoms with Gasteiger partial charge in [0.1, 0.15) is 0 Å². The summed E-state index contributed by atoms with van der Waals surface area (Å²) in [5.74, 6) is 0.101. The quantitative estimate of drug-likeness (QED) is 0.464. The van der Waals surface area contributed by atoms with E-state index in [4.69, 9.17) is 16.6 Å². The smallest absolute Gasteiger partial charge is 0.186 e. The summed E-state index contributed by atoms with van der Waals surface area (Å²) in [4.78, 5) is 3.89. The number of nitrogens with two attached hydrogens (primary N) is 2. The van der Waals surface area contributed by atoms with Crippen molar-refractivity contribution in [2.75, 3.05) is 6.61 Å². The van der Waals surface area contributed by atoms with Crippen molar-refractivity contribution in [2.45, 2.75) is 13.0 Å². The molecule has 5 N–H and O–H groups in total. The van der Waals surface area contributed by atoms with E-state index >= 15 is 0 Å². The maximum Gasteiger partial charge on any atom is 0.186 e. The Kier molecular flexibility index (Phi) is 3.94. The molecule has 1 aromatic rings. The van der Waals surface area contributed by atoms with Crippen LogP contribution < -0.4 is 11.5 Å². The normalized spacial score (nSPS) is 9.79. The second-order valence-corrected chi connectivity index (χ2v) is 3.03. The maximum absolute atomic E-state index is 8.71. The van der Waals surface area contributed by atoms with Crippen LogP contribution in [0.15, 0.2) is 29.3 Å². The van der Waals surface area contributed by atoms with E-state index in [1.54, 1.807) is 0 Å². The van der Waals surface area contributed by atoms with E-state index in [0.29, 0.717) is 13.0 Å². The third-order valence-electron chi connectivity index (χ3n) is 1.87. The summed E-state index contributed by atoms with van der Waals surface area (Å²) < 4.78 is 0. The number of aliphatic hydroxyl groups is 1. The molecule has 0 bridgehead atoms. The summed E-state index contributed by atoms with van der Waals surface area (Å²) in [5.41, 5.74) is 12.6. The first kappa shape index (κ1) is 10.5. The van der Waals surface area contributed by atoms with Gasteiger partial charge in [-0.1, -0.05) is 24.3 Å². The van der Waals surface area contributed by atoms with Crippen molar-refractivity contribution in [1.82, 2.24) is 0 Å². The monoisotopic (exact) mass is 193 g/mol. The topological polar surface area (TPSA) is 84.6 Å². The number of benzene rings is 1. The summed E-state index contributed by atoms with van der Waals surface area (Å²) in [6.07, 6.45) is 0.683. The summed E-state index contributed by atoms with van der Waals surface area (Å²) in [6, 6.07) is 7.84. The molecule has 0 amide bonds. The van der Waals surface area contributed by atoms with Gasteiger partial charge in [0.05, 0.1) is 6.54 Å². The van der Waals surface area contributed by atoms with Crippen LogP contribution in [0, 0.1) is 0 Å². The molecule has 0 aromatic heterocycles. The fourth-order valence-corrected chi connectivity index (χ4v) is 1.12. The summed E-state index contributed by atoms with van der Waals surface area (Å²) in [7, 11) is 0. The van der Waals surface area contributed by atoms with E-state index in [1.807, 2.05) is 24.3 Å². The maximum atomic E-state index is 8.71. The lowest BCUT2D eigenvalue weighted by Gasteiger charge is -2.00. The van der Waals surface area contributed by atoms with Crippen molar-refractivity contribution in [1.29, 1.82) is 0 Å². The highest BCUT2D eigenvalue weighted by Gasteiger charge is 1.93. The molecule has 0 aliphatic rings. The minimum atomic E-state index is 0.101. The second-order valence-electron chi connectivity index (χ2n) is 3.03. The molecule has 4 heteroatoms. The molecule has 0 fully saturated rings. The molecule has 0 atom stereocenters. The second kappa shape index (κ2) is 5.24. The lowest BCUT2D eigenvalue weighted by molar-refractivity contribution is 0.299. The van der Waals surface area contributed by atoms with Crippen LogP contribution >= 0.6 is 0 Å². The zero-order valence-electron chi connectivity index (χ0n) is 7.98. The van der Waals surface area contributed by atoms with E-state index in [-0.39, 0.29) is 12.6 Å². The molecule has 0 spiro atoms. The average Bonchev–Trinajstić information content (AvgIpc) is 2.17. The zero-order valence-corrected chi connectivity index (χ0v) is 7.98. The van der Waals surface area contributed by atoms with Crippen molar-refractivity contribution in [3.63, 3.8) is 0 Å². The number of aliphatic imine (C=N–C) groups is 1. The van der Waals surface area contributed by atoms with Gasteiger partial charge in [0.15, 0.2) is 5.96 Å². The molecular weight excluding hydrogens is 178 g/mol. The average molecular weight is 193 g/mol. The molecule has 1 rings (SSSR count). The molecule has 0 aliphatic carbocycles. The Labute approximate surface area is 83.3 Å². The standard InChI is InChI=1S/C10H15N3O/c11-10(12)13-7-9-3-1-8(2-4-9)5-6-14/h1-4,14H,5-7H2,(H4,11,12,13). The van der Waals surface area contributed by atoms with E-state index in [1.165, 1.54) is 0 Å². The molecule has 4 nitrogen and oxygen atoms in total. The number of rotatable bonds is 4. The van der Waals surface area contributed by atoms with E-state index in [9.17, 15) is 0 Å². The Morgan fingerprint density at radius 2 is 1.71 bits per heavy atom. The van der Waals surface area contributed by atoms with Crippen molar-refractivity contribution >= 4 is 5.96 Å². The molecule has 76 valence electrons. The van der Waals surface area contributed by atoms with Crippen LogP contribution in [0.3, 0.4) is 0 Å². The van der Waals surface area contributed by atoms with Gasteiger partial charge < -0.3 is 16.6 Å². The number of nitrogens with zero attached hydrogens (tertiary/aromatic N) is 1. The molecule has 0 heterocycles. The van der Waals surface area contributed by atoms with Gasteiger partial charge in [-0.3, -0.25) is 0 Å². The first-order chi connectivity index (χ1) is 6.72. The van der Waals surface area contributed by atoms with E-state index < -0.39 is 0 Å². The lowest BCUT2D eigenvalue weighted by atomic mass is 10.1. The van der Waals surface area contributed by atoms with Gasteiger partial charge in [-0.25, -0.2) is 4.99 Å². The molecule has 0 aliphatic heterocycles. The van der Waals surface area contributed by atoms with E-state index in [2.05, 4.69) is 4.99 Å². The Morgan fingerprint density at radius 3 is 2.21 bits per heavy atom. The number of guanidine groups is 1. The fourth-order valence-electron chi connectivity index (χ4n) is 1.12. The first-order valence-corrected chi connectivity index (χ1v) is 4.46. The van der Waals surface area contributed by atoms with Crippen molar-refractivity contribution < 1.29 is 5.11 Å². The minimum absolute atomic E-state index is 0.101. The van der Waals surface area contributed by atoms with Gasteiger partial charge >= 0.3 is 0 Å². The van der Waals surface area contributed by atoms with E-state index in [0.717, 1.165) is 11.1 Å². The van der Waals surface area contributed by atoms with Gasteiger partial charge in [0.25, 0.3) is 0 Å². The molecular formula is C10H15N3O. The van der Waals surface area contributed by atoms with Gasteiger partial charge in [-0.2, -0.15) is 0 Å². The molecule has 0 unspecified atom stereocenters. The molecule has 0 saturated heterocycles. The van der Waals surface area contributed by atoms with Gasteiger partial charge in [-0.15, -0.1) is 0 Å². The first-order valence-electron chi connectivity index (χ1n) is 4.46.